The third-order valence-corrected chi connectivity index (χ3v) is 2.96. The molecule has 1 aromatic rings. The Balaban J connectivity index is 2.51. The summed E-state index contributed by atoms with van der Waals surface area (Å²) in [6.45, 7) is 4.61. The van der Waals surface area contributed by atoms with Gasteiger partial charge in [-0.25, -0.2) is 9.97 Å². The molecule has 0 bridgehead atoms. The highest BCUT2D eigenvalue weighted by atomic mass is 35.5. The summed E-state index contributed by atoms with van der Waals surface area (Å²) in [5.41, 5.74) is 5.92. The highest BCUT2D eigenvalue weighted by Crippen LogP contribution is 2.20. The molecule has 0 aliphatic carbocycles. The van der Waals surface area contributed by atoms with Crippen LogP contribution in [0.25, 0.3) is 0 Å². The van der Waals surface area contributed by atoms with Crippen molar-refractivity contribution in [3.63, 3.8) is 0 Å². The van der Waals surface area contributed by atoms with E-state index in [0.717, 1.165) is 43.0 Å². The van der Waals surface area contributed by atoms with Gasteiger partial charge in [0.25, 0.3) is 0 Å². The second-order valence-corrected chi connectivity index (χ2v) is 4.47. The van der Waals surface area contributed by atoms with E-state index in [9.17, 15) is 4.79 Å². The van der Waals surface area contributed by atoms with Gasteiger partial charge in [-0.2, -0.15) is 0 Å². The first-order valence-electron chi connectivity index (χ1n) is 6.09. The first kappa shape index (κ1) is 14.7. The number of nitrogens with zero attached hydrogens (tertiary/aromatic N) is 2. The zero-order valence-electron chi connectivity index (χ0n) is 10.8. The van der Waals surface area contributed by atoms with Crippen LogP contribution in [0.5, 0.6) is 0 Å². The summed E-state index contributed by atoms with van der Waals surface area (Å²) in [5.74, 6) is 1.24. The van der Waals surface area contributed by atoms with E-state index in [1.165, 1.54) is 0 Å². The summed E-state index contributed by atoms with van der Waals surface area (Å²) in [6, 6.07) is 0. The Hall–Kier alpha value is -1.36. The fourth-order valence-electron chi connectivity index (χ4n) is 1.49. The lowest BCUT2D eigenvalue weighted by atomic mass is 10.2. The number of carbonyl (C=O) groups is 1. The Labute approximate surface area is 112 Å². The van der Waals surface area contributed by atoms with E-state index in [2.05, 4.69) is 15.3 Å². The molecule has 0 saturated carbocycles. The summed E-state index contributed by atoms with van der Waals surface area (Å²) in [7, 11) is 0. The minimum Gasteiger partial charge on any atom is -0.370 e. The van der Waals surface area contributed by atoms with Gasteiger partial charge in [0.05, 0.1) is 0 Å². The molecule has 0 aliphatic rings. The number of rotatable bonds is 7. The van der Waals surface area contributed by atoms with Gasteiger partial charge >= 0.3 is 0 Å². The molecule has 0 unspecified atom stereocenters. The molecule has 0 aliphatic heterocycles. The van der Waals surface area contributed by atoms with Gasteiger partial charge in [0.15, 0.2) is 0 Å². The van der Waals surface area contributed by atoms with Crippen LogP contribution in [0.2, 0.25) is 5.15 Å². The maximum Gasteiger partial charge on any atom is 0.217 e. The van der Waals surface area contributed by atoms with Crippen LogP contribution in [0.15, 0.2) is 0 Å². The van der Waals surface area contributed by atoms with Crippen molar-refractivity contribution in [3.8, 4) is 0 Å². The van der Waals surface area contributed by atoms with E-state index in [-0.39, 0.29) is 5.91 Å². The number of aryl methyl sites for hydroxylation is 1. The second-order valence-electron chi connectivity index (χ2n) is 4.11. The molecule has 0 radical (unpaired) electrons. The Bertz CT molecular complexity index is 423. The summed E-state index contributed by atoms with van der Waals surface area (Å²) in [4.78, 5) is 19.1. The number of amides is 1. The van der Waals surface area contributed by atoms with Gasteiger partial charge in [0, 0.05) is 24.9 Å². The van der Waals surface area contributed by atoms with Crippen LogP contribution in [-0.2, 0) is 11.2 Å². The van der Waals surface area contributed by atoms with Gasteiger partial charge in [0.1, 0.15) is 16.8 Å². The molecule has 6 heteroatoms. The maximum atomic E-state index is 10.6. The topological polar surface area (TPSA) is 80.9 Å². The lowest BCUT2D eigenvalue weighted by Gasteiger charge is -2.10. The number of hydrogen-bond acceptors (Lipinski definition) is 4. The van der Waals surface area contributed by atoms with Crippen molar-refractivity contribution in [3.05, 3.63) is 16.5 Å². The fraction of sp³-hybridized carbons (Fsp3) is 0.583. The number of halogens is 1. The minimum absolute atomic E-state index is 0.260. The van der Waals surface area contributed by atoms with Crippen LogP contribution >= 0.6 is 11.6 Å². The first-order valence-corrected chi connectivity index (χ1v) is 6.47. The maximum absolute atomic E-state index is 10.6. The predicted octanol–water partition coefficient (Wildman–Crippen LogP) is 2.07. The van der Waals surface area contributed by atoms with Gasteiger partial charge < -0.3 is 11.1 Å². The molecule has 0 fully saturated rings. The zero-order chi connectivity index (χ0) is 13.5. The molecule has 1 aromatic heterocycles. The number of primary amides is 1. The van der Waals surface area contributed by atoms with Crippen molar-refractivity contribution >= 4 is 23.3 Å². The third-order valence-electron chi connectivity index (χ3n) is 2.59. The van der Waals surface area contributed by atoms with E-state index in [0.29, 0.717) is 11.6 Å². The molecule has 3 N–H and O–H groups in total. The molecule has 0 atom stereocenters. The predicted molar refractivity (Wildman–Crippen MR) is 72.7 cm³/mol. The van der Waals surface area contributed by atoms with E-state index in [4.69, 9.17) is 17.3 Å². The van der Waals surface area contributed by atoms with E-state index in [1.807, 2.05) is 13.8 Å². The first-order chi connectivity index (χ1) is 8.54. The van der Waals surface area contributed by atoms with Gasteiger partial charge in [-0.15, -0.1) is 0 Å². The molecular formula is C12H19ClN4O. The summed E-state index contributed by atoms with van der Waals surface area (Å²) in [5, 5.41) is 3.70. The number of unbranched alkanes of at least 4 members (excludes halogenated alkanes) is 1. The van der Waals surface area contributed by atoms with E-state index < -0.39 is 0 Å². The number of nitrogens with two attached hydrogens (primary N) is 1. The summed E-state index contributed by atoms with van der Waals surface area (Å²) < 4.78 is 0. The molecule has 18 heavy (non-hydrogen) atoms. The Morgan fingerprint density at radius 3 is 2.72 bits per heavy atom. The quantitative estimate of drug-likeness (QED) is 0.587. The van der Waals surface area contributed by atoms with Crippen molar-refractivity contribution in [2.24, 2.45) is 5.73 Å². The van der Waals surface area contributed by atoms with Crippen LogP contribution in [-0.4, -0.2) is 22.4 Å². The van der Waals surface area contributed by atoms with Gasteiger partial charge in [0.2, 0.25) is 5.91 Å². The van der Waals surface area contributed by atoms with Crippen molar-refractivity contribution in [1.29, 1.82) is 0 Å². The zero-order valence-corrected chi connectivity index (χ0v) is 11.5. The number of anilines is 1. The van der Waals surface area contributed by atoms with Gasteiger partial charge in [-0.1, -0.05) is 18.5 Å². The van der Waals surface area contributed by atoms with Crippen LogP contribution in [0.3, 0.4) is 0 Å². The molecule has 0 aromatic carbocycles. The summed E-state index contributed by atoms with van der Waals surface area (Å²) >= 11 is 6.03. The fourth-order valence-corrected chi connectivity index (χ4v) is 1.68. The second kappa shape index (κ2) is 7.16. The van der Waals surface area contributed by atoms with Crippen molar-refractivity contribution in [2.45, 2.75) is 39.5 Å². The molecule has 1 rings (SSSR count). The van der Waals surface area contributed by atoms with Crippen molar-refractivity contribution in [2.75, 3.05) is 11.9 Å². The highest BCUT2D eigenvalue weighted by Gasteiger charge is 2.07. The minimum atomic E-state index is -0.260. The standard InChI is InChI=1S/C12H19ClN4O/c1-3-10-16-11(13)8(2)12(17-10)15-7-5-4-6-9(14)18/h3-7H2,1-2H3,(H2,14,18)(H,15,16,17). The number of aromatic nitrogens is 2. The summed E-state index contributed by atoms with van der Waals surface area (Å²) in [6.07, 6.45) is 2.81. The van der Waals surface area contributed by atoms with E-state index >= 15 is 0 Å². The number of nitrogens with one attached hydrogen (secondary N) is 1. The molecule has 0 saturated heterocycles. The van der Waals surface area contributed by atoms with Crippen LogP contribution < -0.4 is 11.1 Å². The third kappa shape index (κ3) is 4.49. The molecule has 0 spiro atoms. The van der Waals surface area contributed by atoms with Crippen LogP contribution in [0.1, 0.15) is 37.6 Å². The molecule has 100 valence electrons. The lowest BCUT2D eigenvalue weighted by Crippen LogP contribution is -2.12. The molecular weight excluding hydrogens is 252 g/mol. The largest absolute Gasteiger partial charge is 0.370 e. The Morgan fingerprint density at radius 2 is 2.11 bits per heavy atom. The van der Waals surface area contributed by atoms with Gasteiger partial charge in [-0.05, 0) is 19.8 Å². The highest BCUT2D eigenvalue weighted by molar-refractivity contribution is 6.30. The molecule has 1 amide bonds. The van der Waals surface area contributed by atoms with Gasteiger partial charge in [-0.3, -0.25) is 4.79 Å². The van der Waals surface area contributed by atoms with E-state index in [1.54, 1.807) is 0 Å². The average Bonchev–Trinajstić information content (AvgIpc) is 2.33. The molecule has 5 nitrogen and oxygen atoms in total. The normalized spacial score (nSPS) is 10.4. The Kier molecular flexibility index (Phi) is 5.85. The smallest absolute Gasteiger partial charge is 0.217 e. The van der Waals surface area contributed by atoms with Crippen LogP contribution in [0, 0.1) is 6.92 Å². The number of hydrogen-bond donors (Lipinski definition) is 2. The van der Waals surface area contributed by atoms with Crippen molar-refractivity contribution < 1.29 is 4.79 Å². The molecule has 1 heterocycles. The monoisotopic (exact) mass is 270 g/mol. The SMILES string of the molecule is CCc1nc(Cl)c(C)c(NCCCCC(N)=O)n1. The van der Waals surface area contributed by atoms with Crippen molar-refractivity contribution in [1.82, 2.24) is 9.97 Å². The van der Waals surface area contributed by atoms with Crippen LogP contribution in [0.4, 0.5) is 5.82 Å². The Morgan fingerprint density at radius 1 is 1.39 bits per heavy atom. The lowest BCUT2D eigenvalue weighted by molar-refractivity contribution is -0.118. The number of carbonyl (C=O) groups excluding carboxylic acids is 1. The average molecular weight is 271 g/mol.